The number of amides is 1. The molecule has 7 nitrogen and oxygen atoms in total. The second-order valence-corrected chi connectivity index (χ2v) is 7.99. The Hall–Kier alpha value is -2.33. The standard InChI is InChI=1S/C19H26N2O3.C2HF3O2/c22-19-15-5-1-2-6-16(15)24-18-13-21(11-14-7-8-14)12-17(18)23-10-4-3-9-20-19;3-2(4,5)1(6)7/h1-2,5-6,14,17-18H,3-4,7-13H2,(H,20,22);(H,6,7)/t17-,18+;/m0./s1. The Balaban J connectivity index is 0.000000339. The van der Waals surface area contributed by atoms with Crippen LogP contribution in [0.2, 0.25) is 0 Å². The number of carboxylic acids is 1. The smallest absolute Gasteiger partial charge is 0.485 e. The summed E-state index contributed by atoms with van der Waals surface area (Å²) in [6.07, 6.45) is -0.366. The molecule has 1 amide bonds. The van der Waals surface area contributed by atoms with Gasteiger partial charge < -0.3 is 19.9 Å². The highest BCUT2D eigenvalue weighted by Gasteiger charge is 2.39. The second-order valence-electron chi connectivity index (χ2n) is 7.99. The maximum absolute atomic E-state index is 12.4. The number of fused-ring (bicyclic) bond motifs is 2. The molecule has 0 radical (unpaired) electrons. The fourth-order valence-corrected chi connectivity index (χ4v) is 3.59. The molecule has 1 aromatic carbocycles. The van der Waals surface area contributed by atoms with E-state index >= 15 is 0 Å². The van der Waals surface area contributed by atoms with E-state index in [9.17, 15) is 18.0 Å². The number of ether oxygens (including phenoxy) is 2. The topological polar surface area (TPSA) is 88.1 Å². The molecule has 2 heterocycles. The largest absolute Gasteiger partial charge is 0.490 e. The van der Waals surface area contributed by atoms with Gasteiger partial charge in [0.25, 0.3) is 5.91 Å². The lowest BCUT2D eigenvalue weighted by atomic mass is 10.1. The average molecular weight is 444 g/mol. The molecule has 10 heteroatoms. The van der Waals surface area contributed by atoms with Crippen molar-refractivity contribution in [2.45, 2.75) is 44.1 Å². The third kappa shape index (κ3) is 7.10. The van der Waals surface area contributed by atoms with Gasteiger partial charge in [-0.2, -0.15) is 13.2 Å². The lowest BCUT2D eigenvalue weighted by Crippen LogP contribution is -2.34. The number of para-hydroxylation sites is 1. The van der Waals surface area contributed by atoms with E-state index in [0.29, 0.717) is 17.9 Å². The highest BCUT2D eigenvalue weighted by atomic mass is 19.4. The molecule has 172 valence electrons. The number of hydrogen-bond acceptors (Lipinski definition) is 5. The van der Waals surface area contributed by atoms with Gasteiger partial charge in [0, 0.05) is 32.8 Å². The molecule has 2 atom stereocenters. The minimum absolute atomic E-state index is 0.00266. The summed E-state index contributed by atoms with van der Waals surface area (Å²) < 4.78 is 44.1. The number of nitrogens with zero attached hydrogens (tertiary/aromatic N) is 1. The summed E-state index contributed by atoms with van der Waals surface area (Å²) in [5.74, 6) is -1.27. The Kier molecular flexibility index (Phi) is 7.77. The van der Waals surface area contributed by atoms with Crippen molar-refractivity contribution >= 4 is 11.9 Å². The summed E-state index contributed by atoms with van der Waals surface area (Å²) in [4.78, 5) is 23.8. The van der Waals surface area contributed by atoms with E-state index in [1.807, 2.05) is 24.3 Å². The van der Waals surface area contributed by atoms with E-state index in [2.05, 4.69) is 10.2 Å². The van der Waals surface area contributed by atoms with Gasteiger partial charge in [-0.05, 0) is 43.7 Å². The monoisotopic (exact) mass is 444 g/mol. The summed E-state index contributed by atoms with van der Waals surface area (Å²) in [6, 6.07) is 7.53. The third-order valence-electron chi connectivity index (χ3n) is 5.35. The Morgan fingerprint density at radius 2 is 1.84 bits per heavy atom. The molecule has 2 N–H and O–H groups in total. The fourth-order valence-electron chi connectivity index (χ4n) is 3.59. The first-order chi connectivity index (χ1) is 14.7. The minimum Gasteiger partial charge on any atom is -0.485 e. The van der Waals surface area contributed by atoms with E-state index in [0.717, 1.165) is 45.0 Å². The van der Waals surface area contributed by atoms with Crippen LogP contribution in [0.15, 0.2) is 24.3 Å². The van der Waals surface area contributed by atoms with Gasteiger partial charge in [0.2, 0.25) is 0 Å². The van der Waals surface area contributed by atoms with Crippen LogP contribution < -0.4 is 10.1 Å². The number of carboxylic acid groups (broad SMARTS) is 1. The predicted octanol–water partition coefficient (Wildman–Crippen LogP) is 2.70. The van der Waals surface area contributed by atoms with Gasteiger partial charge in [-0.25, -0.2) is 4.79 Å². The number of likely N-dealkylation sites (tertiary alicyclic amines) is 1. The number of nitrogens with one attached hydrogen (secondary N) is 1. The lowest BCUT2D eigenvalue weighted by Gasteiger charge is -2.23. The van der Waals surface area contributed by atoms with Crippen LogP contribution in [0.25, 0.3) is 0 Å². The Labute approximate surface area is 178 Å². The second kappa shape index (κ2) is 10.3. The molecule has 4 rings (SSSR count). The fraction of sp³-hybridized carbons (Fsp3) is 0.619. The Morgan fingerprint density at radius 3 is 2.52 bits per heavy atom. The van der Waals surface area contributed by atoms with Crippen molar-refractivity contribution < 1.29 is 37.3 Å². The zero-order valence-electron chi connectivity index (χ0n) is 17.1. The average Bonchev–Trinajstić information content (AvgIpc) is 3.44. The number of benzene rings is 1. The molecule has 1 saturated carbocycles. The maximum Gasteiger partial charge on any atom is 0.490 e. The van der Waals surface area contributed by atoms with Crippen molar-refractivity contribution in [2.24, 2.45) is 5.92 Å². The van der Waals surface area contributed by atoms with Crippen LogP contribution in [0, 0.1) is 5.92 Å². The summed E-state index contributed by atoms with van der Waals surface area (Å²) in [7, 11) is 0. The van der Waals surface area contributed by atoms with Crippen molar-refractivity contribution in [3.8, 4) is 5.75 Å². The molecule has 1 aromatic rings. The van der Waals surface area contributed by atoms with Gasteiger partial charge in [0.1, 0.15) is 18.0 Å². The summed E-state index contributed by atoms with van der Waals surface area (Å²) in [6.45, 7) is 4.40. The van der Waals surface area contributed by atoms with Gasteiger partial charge in [-0.1, -0.05) is 12.1 Å². The molecular formula is C21H27F3N2O5. The SMILES string of the molecule is O=C(O)C(F)(F)F.O=C1NCCCCO[C@H]2CN(CC3CC3)C[C@H]2Oc2ccccc21. The van der Waals surface area contributed by atoms with Gasteiger partial charge in [0.05, 0.1) is 5.56 Å². The molecule has 2 fully saturated rings. The number of aliphatic carboxylic acids is 1. The minimum atomic E-state index is -5.08. The molecular weight excluding hydrogens is 417 g/mol. The summed E-state index contributed by atoms with van der Waals surface area (Å²) >= 11 is 0. The van der Waals surface area contributed by atoms with Crippen molar-refractivity contribution in [3.05, 3.63) is 29.8 Å². The lowest BCUT2D eigenvalue weighted by molar-refractivity contribution is -0.192. The zero-order chi connectivity index (χ0) is 22.4. The van der Waals surface area contributed by atoms with E-state index < -0.39 is 12.1 Å². The van der Waals surface area contributed by atoms with Gasteiger partial charge in [0.15, 0.2) is 0 Å². The molecule has 0 aromatic heterocycles. The number of rotatable bonds is 2. The van der Waals surface area contributed by atoms with Crippen molar-refractivity contribution in [2.75, 3.05) is 32.8 Å². The molecule has 0 spiro atoms. The molecule has 0 bridgehead atoms. The van der Waals surface area contributed by atoms with Crippen LogP contribution >= 0.6 is 0 Å². The maximum atomic E-state index is 12.4. The molecule has 3 aliphatic rings. The van der Waals surface area contributed by atoms with Crippen molar-refractivity contribution in [1.82, 2.24) is 10.2 Å². The highest BCUT2D eigenvalue weighted by molar-refractivity contribution is 5.96. The molecule has 0 unspecified atom stereocenters. The van der Waals surface area contributed by atoms with Gasteiger partial charge in [-0.15, -0.1) is 0 Å². The Morgan fingerprint density at radius 1 is 1.16 bits per heavy atom. The van der Waals surface area contributed by atoms with E-state index in [1.54, 1.807) is 0 Å². The third-order valence-corrected chi connectivity index (χ3v) is 5.35. The number of carbonyl (C=O) groups excluding carboxylic acids is 1. The summed E-state index contributed by atoms with van der Waals surface area (Å²) in [5.41, 5.74) is 0.623. The number of carbonyl (C=O) groups is 2. The zero-order valence-corrected chi connectivity index (χ0v) is 17.1. The molecule has 2 aliphatic heterocycles. The molecule has 1 aliphatic carbocycles. The molecule has 31 heavy (non-hydrogen) atoms. The molecule has 1 saturated heterocycles. The number of hydrogen-bond donors (Lipinski definition) is 2. The van der Waals surface area contributed by atoms with Gasteiger partial charge >= 0.3 is 12.1 Å². The van der Waals surface area contributed by atoms with Crippen molar-refractivity contribution in [3.63, 3.8) is 0 Å². The van der Waals surface area contributed by atoms with E-state index in [1.165, 1.54) is 12.8 Å². The normalized spacial score (nSPS) is 24.8. The van der Waals surface area contributed by atoms with Crippen LogP contribution in [0.5, 0.6) is 5.75 Å². The first-order valence-corrected chi connectivity index (χ1v) is 10.4. The first-order valence-electron chi connectivity index (χ1n) is 10.4. The van der Waals surface area contributed by atoms with Crippen LogP contribution in [0.4, 0.5) is 13.2 Å². The van der Waals surface area contributed by atoms with Crippen LogP contribution in [0.1, 0.15) is 36.0 Å². The number of halogens is 3. The first kappa shape index (κ1) is 23.3. The summed E-state index contributed by atoms with van der Waals surface area (Å²) in [5, 5.41) is 10.1. The quantitative estimate of drug-likeness (QED) is 0.730. The predicted molar refractivity (Wildman–Crippen MR) is 105 cm³/mol. The van der Waals surface area contributed by atoms with Crippen LogP contribution in [-0.2, 0) is 9.53 Å². The van der Waals surface area contributed by atoms with Crippen LogP contribution in [0.3, 0.4) is 0 Å². The Bertz CT molecular complexity index is 770. The van der Waals surface area contributed by atoms with E-state index in [4.69, 9.17) is 19.4 Å². The number of alkyl halides is 3. The van der Waals surface area contributed by atoms with E-state index in [-0.39, 0.29) is 18.1 Å². The highest BCUT2D eigenvalue weighted by Crippen LogP contribution is 2.32. The van der Waals surface area contributed by atoms with Crippen molar-refractivity contribution in [1.29, 1.82) is 0 Å². The van der Waals surface area contributed by atoms with Crippen LogP contribution in [-0.4, -0.2) is 73.1 Å². The van der Waals surface area contributed by atoms with Gasteiger partial charge in [-0.3, -0.25) is 9.69 Å².